The molecule has 1 aliphatic heterocycles. The Morgan fingerprint density at radius 3 is 2.63 bits per heavy atom. The second-order valence-corrected chi connectivity index (χ2v) is 7.54. The molecule has 3 unspecified atom stereocenters. The number of carbonyl (C=O) groups excluding carboxylic acids is 2. The van der Waals surface area contributed by atoms with Gasteiger partial charge in [-0.15, -0.1) is 0 Å². The van der Waals surface area contributed by atoms with Gasteiger partial charge in [-0.2, -0.15) is 11.8 Å². The number of carbonyl (C=O) groups is 2. The van der Waals surface area contributed by atoms with Gasteiger partial charge in [0.25, 0.3) is 0 Å². The smallest absolute Gasteiger partial charge is 0.243 e. The van der Waals surface area contributed by atoms with Crippen molar-refractivity contribution in [2.24, 2.45) is 10.7 Å². The van der Waals surface area contributed by atoms with Crippen LogP contribution < -0.4 is 11.1 Å². The predicted molar refractivity (Wildman–Crippen MR) is 109 cm³/mol. The summed E-state index contributed by atoms with van der Waals surface area (Å²) < 4.78 is 0. The van der Waals surface area contributed by atoms with Crippen LogP contribution in [0.4, 0.5) is 0 Å². The van der Waals surface area contributed by atoms with Gasteiger partial charge in [0.05, 0.1) is 17.9 Å². The van der Waals surface area contributed by atoms with Crippen molar-refractivity contribution in [1.29, 1.82) is 0 Å². The monoisotopic (exact) mass is 392 g/mol. The Morgan fingerprint density at radius 1 is 1.41 bits per heavy atom. The van der Waals surface area contributed by atoms with Crippen LogP contribution in [0.3, 0.4) is 0 Å². The van der Waals surface area contributed by atoms with Crippen molar-refractivity contribution >= 4 is 29.3 Å². The summed E-state index contributed by atoms with van der Waals surface area (Å²) in [5.41, 5.74) is 8.59. The molecular weight excluding hydrogens is 364 g/mol. The van der Waals surface area contributed by atoms with Gasteiger partial charge in [-0.1, -0.05) is 24.3 Å². The first-order chi connectivity index (χ1) is 12.9. The molecule has 0 radical (unpaired) electrons. The second kappa shape index (κ2) is 9.87. The molecule has 4 N–H and O–H groups in total. The van der Waals surface area contributed by atoms with Gasteiger partial charge in [-0.05, 0) is 24.3 Å². The molecule has 8 heteroatoms. The first-order valence-corrected chi connectivity index (χ1v) is 10.2. The number of amides is 2. The molecule has 3 atom stereocenters. The van der Waals surface area contributed by atoms with Crippen molar-refractivity contribution < 1.29 is 14.7 Å². The lowest BCUT2D eigenvalue weighted by Gasteiger charge is -2.23. The maximum atomic E-state index is 12.5. The Kier molecular flexibility index (Phi) is 7.82. The van der Waals surface area contributed by atoms with Gasteiger partial charge in [0.15, 0.2) is 0 Å². The Balaban J connectivity index is 1.98. The zero-order chi connectivity index (χ0) is 20.0. The summed E-state index contributed by atoms with van der Waals surface area (Å²) in [5.74, 6) is -0.597. The average molecular weight is 393 g/mol. The van der Waals surface area contributed by atoms with Crippen LogP contribution in [-0.2, 0) is 16.1 Å². The number of hydrogen-bond acceptors (Lipinski definition) is 6. The minimum Gasteiger partial charge on any atom is -0.391 e. The SMILES string of the molecule is CN=C(C)C(SC)c1ccc(CNC(=O)C2CC(O)CN2C(=O)CN)cc1. The molecule has 1 saturated heterocycles. The minimum atomic E-state index is -0.692. The van der Waals surface area contributed by atoms with Gasteiger partial charge < -0.3 is 21.1 Å². The van der Waals surface area contributed by atoms with Gasteiger partial charge in [-0.3, -0.25) is 14.6 Å². The number of likely N-dealkylation sites (tertiary alicyclic amines) is 1. The van der Waals surface area contributed by atoms with Crippen LogP contribution >= 0.6 is 11.8 Å². The lowest BCUT2D eigenvalue weighted by molar-refractivity contribution is -0.137. The highest BCUT2D eigenvalue weighted by Crippen LogP contribution is 2.28. The van der Waals surface area contributed by atoms with Crippen molar-refractivity contribution in [2.75, 3.05) is 26.4 Å². The maximum Gasteiger partial charge on any atom is 0.243 e. The van der Waals surface area contributed by atoms with E-state index in [1.54, 1.807) is 18.8 Å². The molecule has 1 aromatic rings. The maximum absolute atomic E-state index is 12.5. The largest absolute Gasteiger partial charge is 0.391 e. The molecule has 1 fully saturated rings. The minimum absolute atomic E-state index is 0.150. The van der Waals surface area contributed by atoms with Gasteiger partial charge in [0.1, 0.15) is 6.04 Å². The first-order valence-electron chi connectivity index (χ1n) is 8.91. The molecular formula is C19H28N4O3S. The third-order valence-electron chi connectivity index (χ3n) is 4.79. The molecule has 27 heavy (non-hydrogen) atoms. The number of aliphatic hydroxyl groups is 1. The van der Waals surface area contributed by atoms with Crippen LogP contribution in [0.25, 0.3) is 0 Å². The summed E-state index contributed by atoms with van der Waals surface area (Å²) in [6.07, 6.45) is 1.60. The molecule has 0 aromatic heterocycles. The molecule has 0 aliphatic carbocycles. The molecule has 2 amide bonds. The van der Waals surface area contributed by atoms with E-state index in [1.165, 1.54) is 10.5 Å². The zero-order valence-electron chi connectivity index (χ0n) is 16.0. The molecule has 0 spiro atoms. The molecule has 0 bridgehead atoms. The van der Waals surface area contributed by atoms with Gasteiger partial charge >= 0.3 is 0 Å². The quantitative estimate of drug-likeness (QED) is 0.593. The number of nitrogens with zero attached hydrogens (tertiary/aromatic N) is 2. The second-order valence-electron chi connectivity index (χ2n) is 6.60. The third kappa shape index (κ3) is 5.31. The summed E-state index contributed by atoms with van der Waals surface area (Å²) in [5, 5.41) is 12.9. The van der Waals surface area contributed by atoms with Crippen molar-refractivity contribution in [3.63, 3.8) is 0 Å². The molecule has 1 aromatic carbocycles. The van der Waals surface area contributed by atoms with Crippen molar-refractivity contribution in [3.8, 4) is 0 Å². The molecule has 148 valence electrons. The summed E-state index contributed by atoms with van der Waals surface area (Å²) >= 11 is 1.73. The van der Waals surface area contributed by atoms with Crippen molar-refractivity contribution in [1.82, 2.24) is 10.2 Å². The van der Waals surface area contributed by atoms with E-state index in [1.807, 2.05) is 31.2 Å². The average Bonchev–Trinajstić information content (AvgIpc) is 3.08. The van der Waals surface area contributed by atoms with Crippen LogP contribution in [0.2, 0.25) is 0 Å². The molecule has 2 rings (SSSR count). The number of nitrogens with one attached hydrogen (secondary N) is 1. The van der Waals surface area contributed by atoms with E-state index in [4.69, 9.17) is 5.73 Å². The normalized spacial score (nSPS) is 21.2. The number of benzene rings is 1. The van der Waals surface area contributed by atoms with E-state index in [0.29, 0.717) is 6.54 Å². The van der Waals surface area contributed by atoms with Crippen molar-refractivity contribution in [2.45, 2.75) is 37.3 Å². The fourth-order valence-corrected chi connectivity index (χ4v) is 4.11. The van der Waals surface area contributed by atoms with Gasteiger partial charge in [0, 0.05) is 32.3 Å². The van der Waals surface area contributed by atoms with Crippen molar-refractivity contribution in [3.05, 3.63) is 35.4 Å². The standard InChI is InChI=1S/C19H28N4O3S/c1-12(21-2)18(27-3)14-6-4-13(5-7-14)10-22-19(26)16-8-15(24)11-23(16)17(25)9-20/h4-7,15-16,18,24H,8-11,20H2,1-3H3,(H,22,26). The highest BCUT2D eigenvalue weighted by atomic mass is 32.2. The van der Waals surface area contributed by atoms with E-state index >= 15 is 0 Å². The lowest BCUT2D eigenvalue weighted by Crippen LogP contribution is -2.47. The van der Waals surface area contributed by atoms with Crippen LogP contribution in [-0.4, -0.2) is 66.1 Å². The van der Waals surface area contributed by atoms with Crippen LogP contribution in [0, 0.1) is 0 Å². The van der Waals surface area contributed by atoms with Crippen LogP contribution in [0.5, 0.6) is 0 Å². The number of aliphatic imine (C=N–C) groups is 1. The van der Waals surface area contributed by atoms with Crippen LogP contribution in [0.15, 0.2) is 29.3 Å². The summed E-state index contributed by atoms with van der Waals surface area (Å²) in [6.45, 7) is 2.35. The molecule has 1 heterocycles. The summed E-state index contributed by atoms with van der Waals surface area (Å²) in [6, 6.07) is 7.38. The first kappa shape index (κ1) is 21.4. The Labute approximate surface area is 164 Å². The summed E-state index contributed by atoms with van der Waals surface area (Å²) in [7, 11) is 1.79. The van der Waals surface area contributed by atoms with E-state index in [9.17, 15) is 14.7 Å². The number of aliphatic hydroxyl groups excluding tert-OH is 1. The molecule has 0 saturated carbocycles. The van der Waals surface area contributed by atoms with Gasteiger partial charge in [-0.25, -0.2) is 0 Å². The Morgan fingerprint density at radius 2 is 2.07 bits per heavy atom. The van der Waals surface area contributed by atoms with E-state index in [0.717, 1.165) is 11.3 Å². The number of nitrogens with two attached hydrogens (primary N) is 1. The summed E-state index contributed by atoms with van der Waals surface area (Å²) in [4.78, 5) is 30.0. The lowest BCUT2D eigenvalue weighted by atomic mass is 10.1. The number of rotatable bonds is 7. The Bertz CT molecular complexity index is 693. The van der Waals surface area contributed by atoms with E-state index in [2.05, 4.69) is 16.6 Å². The highest BCUT2D eigenvalue weighted by Gasteiger charge is 2.38. The predicted octanol–water partition coefficient (Wildman–Crippen LogP) is 0.718. The fraction of sp³-hybridized carbons (Fsp3) is 0.526. The van der Waals surface area contributed by atoms with Crippen LogP contribution in [0.1, 0.15) is 29.7 Å². The fourth-order valence-electron chi connectivity index (χ4n) is 3.24. The highest BCUT2D eigenvalue weighted by molar-refractivity contribution is 7.99. The molecule has 7 nitrogen and oxygen atoms in total. The topological polar surface area (TPSA) is 108 Å². The van der Waals surface area contributed by atoms with Gasteiger partial charge in [0.2, 0.25) is 11.8 Å². The number of thioether (sulfide) groups is 1. The zero-order valence-corrected chi connectivity index (χ0v) is 16.8. The van der Waals surface area contributed by atoms with E-state index in [-0.39, 0.29) is 36.6 Å². The number of β-amino-alcohol motifs (C(OH)–C–C–N with tert-alkyl or cyclic N) is 1. The number of hydrogen-bond donors (Lipinski definition) is 3. The third-order valence-corrected chi connectivity index (χ3v) is 5.88. The Hall–Kier alpha value is -1.90. The molecule has 1 aliphatic rings. The van der Waals surface area contributed by atoms with E-state index < -0.39 is 12.1 Å².